The summed E-state index contributed by atoms with van der Waals surface area (Å²) in [6.07, 6.45) is 7.65. The second kappa shape index (κ2) is 9.35. The van der Waals surface area contributed by atoms with Crippen molar-refractivity contribution in [1.82, 2.24) is 0 Å². The van der Waals surface area contributed by atoms with E-state index < -0.39 is 5.60 Å². The summed E-state index contributed by atoms with van der Waals surface area (Å²) in [5, 5.41) is 19.8. The van der Waals surface area contributed by atoms with Crippen molar-refractivity contribution in [3.8, 4) is 23.0 Å². The van der Waals surface area contributed by atoms with Crippen LogP contribution in [0.15, 0.2) is 34.8 Å². The Bertz CT molecular complexity index is 1130. The average Bonchev–Trinajstić information content (AvgIpc) is 2.83. The summed E-state index contributed by atoms with van der Waals surface area (Å²) in [5.41, 5.74) is 5.38. The van der Waals surface area contributed by atoms with Gasteiger partial charge in [0.25, 0.3) is 0 Å². The molecular formula is C27H32O5S. The van der Waals surface area contributed by atoms with E-state index in [9.17, 15) is 10.2 Å². The Kier molecular flexibility index (Phi) is 6.68. The van der Waals surface area contributed by atoms with Crippen molar-refractivity contribution in [3.05, 3.63) is 62.6 Å². The lowest BCUT2D eigenvalue weighted by Gasteiger charge is -2.37. The van der Waals surface area contributed by atoms with Crippen molar-refractivity contribution in [2.24, 2.45) is 0 Å². The number of ether oxygens (including phenoxy) is 3. The Labute approximate surface area is 200 Å². The molecule has 0 fully saturated rings. The SMILES string of the molecule is CS/C(=C\C1=Cc2cc(OCC3(C)CCc4c(C)c(O)c(C)c(C)c4O3)ccc2OC1)CO. The summed E-state index contributed by atoms with van der Waals surface area (Å²) in [5.74, 6) is 2.84. The molecule has 2 aromatic rings. The second-order valence-corrected chi connectivity index (χ2v) is 9.99. The van der Waals surface area contributed by atoms with Crippen molar-refractivity contribution in [2.45, 2.75) is 46.1 Å². The van der Waals surface area contributed by atoms with Crippen LogP contribution in [0.5, 0.6) is 23.0 Å². The van der Waals surface area contributed by atoms with Crippen molar-refractivity contribution in [3.63, 3.8) is 0 Å². The Morgan fingerprint density at radius 3 is 2.73 bits per heavy atom. The van der Waals surface area contributed by atoms with Gasteiger partial charge >= 0.3 is 0 Å². The molecule has 0 bridgehead atoms. The number of hydrogen-bond acceptors (Lipinski definition) is 6. The first-order valence-corrected chi connectivity index (χ1v) is 12.4. The average molecular weight is 469 g/mol. The molecule has 0 aliphatic carbocycles. The lowest BCUT2D eigenvalue weighted by atomic mass is 9.87. The zero-order valence-corrected chi connectivity index (χ0v) is 20.8. The van der Waals surface area contributed by atoms with Crippen LogP contribution in [0.25, 0.3) is 6.08 Å². The van der Waals surface area contributed by atoms with E-state index in [0.717, 1.165) is 68.4 Å². The molecule has 0 aromatic heterocycles. The van der Waals surface area contributed by atoms with Crippen molar-refractivity contribution in [2.75, 3.05) is 26.1 Å². The van der Waals surface area contributed by atoms with Gasteiger partial charge in [-0.15, -0.1) is 11.8 Å². The van der Waals surface area contributed by atoms with Crippen LogP contribution in [0.1, 0.15) is 41.2 Å². The topological polar surface area (TPSA) is 68.2 Å². The van der Waals surface area contributed by atoms with Gasteiger partial charge < -0.3 is 24.4 Å². The number of aliphatic hydroxyl groups excluding tert-OH is 1. The van der Waals surface area contributed by atoms with Crippen LogP contribution < -0.4 is 14.2 Å². The number of rotatable bonds is 6. The number of phenols is 1. The van der Waals surface area contributed by atoms with Crippen LogP contribution in [-0.2, 0) is 6.42 Å². The van der Waals surface area contributed by atoms with Crippen LogP contribution in [0, 0.1) is 20.8 Å². The van der Waals surface area contributed by atoms with Gasteiger partial charge in [-0.2, -0.15) is 0 Å². The second-order valence-electron chi connectivity index (χ2n) is 9.05. The van der Waals surface area contributed by atoms with Crippen LogP contribution in [0.4, 0.5) is 0 Å². The highest BCUT2D eigenvalue weighted by Crippen LogP contribution is 2.43. The summed E-state index contributed by atoms with van der Waals surface area (Å²) in [6.45, 7) is 8.89. The van der Waals surface area contributed by atoms with Crippen molar-refractivity contribution in [1.29, 1.82) is 0 Å². The van der Waals surface area contributed by atoms with Gasteiger partial charge in [-0.3, -0.25) is 0 Å². The Hall–Kier alpha value is -2.57. The number of hydrogen-bond donors (Lipinski definition) is 2. The summed E-state index contributed by atoms with van der Waals surface area (Å²) < 4.78 is 18.5. The predicted molar refractivity (Wildman–Crippen MR) is 134 cm³/mol. The Morgan fingerprint density at radius 1 is 1.21 bits per heavy atom. The summed E-state index contributed by atoms with van der Waals surface area (Å²) in [7, 11) is 0. The minimum atomic E-state index is -0.460. The van der Waals surface area contributed by atoms with E-state index in [0.29, 0.717) is 19.0 Å². The van der Waals surface area contributed by atoms with E-state index in [1.54, 1.807) is 0 Å². The highest BCUT2D eigenvalue weighted by atomic mass is 32.2. The van der Waals surface area contributed by atoms with Gasteiger partial charge in [-0.25, -0.2) is 0 Å². The largest absolute Gasteiger partial charge is 0.507 e. The molecule has 2 aliphatic rings. The molecule has 1 atom stereocenters. The van der Waals surface area contributed by atoms with Gasteiger partial charge in [0, 0.05) is 16.0 Å². The third-order valence-corrected chi connectivity index (χ3v) is 7.39. The maximum absolute atomic E-state index is 10.4. The van der Waals surface area contributed by atoms with Gasteiger partial charge in [0.15, 0.2) is 0 Å². The maximum Gasteiger partial charge on any atom is 0.140 e. The van der Waals surface area contributed by atoms with Gasteiger partial charge in [-0.05, 0) is 99.4 Å². The van der Waals surface area contributed by atoms with E-state index in [1.165, 1.54) is 11.8 Å². The minimum Gasteiger partial charge on any atom is -0.507 e. The lowest BCUT2D eigenvalue weighted by molar-refractivity contribution is 0.0166. The molecule has 0 amide bonds. The van der Waals surface area contributed by atoms with Crippen molar-refractivity contribution >= 4 is 17.8 Å². The van der Waals surface area contributed by atoms with Crippen molar-refractivity contribution < 1.29 is 24.4 Å². The molecule has 4 rings (SSSR count). The predicted octanol–water partition coefficient (Wildman–Crippen LogP) is 5.50. The Balaban J connectivity index is 1.51. The smallest absolute Gasteiger partial charge is 0.140 e. The maximum atomic E-state index is 10.4. The molecule has 0 spiro atoms. The zero-order chi connectivity index (χ0) is 23.8. The van der Waals surface area contributed by atoms with Gasteiger partial charge in [-0.1, -0.05) is 0 Å². The van der Waals surface area contributed by atoms with Gasteiger partial charge in [0.2, 0.25) is 0 Å². The zero-order valence-electron chi connectivity index (χ0n) is 19.9. The minimum absolute atomic E-state index is 0.0222. The molecule has 0 saturated heterocycles. The third kappa shape index (κ3) is 4.73. The first-order chi connectivity index (χ1) is 15.7. The quantitative estimate of drug-likeness (QED) is 0.584. The van der Waals surface area contributed by atoms with Crippen LogP contribution in [0.3, 0.4) is 0 Å². The number of fused-ring (bicyclic) bond motifs is 2. The van der Waals surface area contributed by atoms with E-state index in [4.69, 9.17) is 14.2 Å². The van der Waals surface area contributed by atoms with E-state index in [-0.39, 0.29) is 6.61 Å². The molecular weight excluding hydrogens is 436 g/mol. The summed E-state index contributed by atoms with van der Waals surface area (Å²) in [6, 6.07) is 5.84. The first-order valence-electron chi connectivity index (χ1n) is 11.2. The number of benzene rings is 2. The van der Waals surface area contributed by atoms with Gasteiger partial charge in [0.05, 0.1) is 6.61 Å². The fraction of sp³-hybridized carbons (Fsp3) is 0.407. The molecule has 0 saturated carbocycles. The fourth-order valence-corrected chi connectivity index (χ4v) is 4.75. The highest BCUT2D eigenvalue weighted by Gasteiger charge is 2.35. The standard InChI is InChI=1S/C27H32O5S/c1-16-17(2)26-23(18(3)25(16)29)8-9-27(4,32-26)15-31-21-6-7-24-20(12-21)10-19(14-30-24)11-22(13-28)33-5/h6-7,10-12,28-29H,8-9,13-15H2,1-5H3/b22-11-. The number of aliphatic hydroxyl groups is 1. The summed E-state index contributed by atoms with van der Waals surface area (Å²) >= 11 is 1.53. The van der Waals surface area contributed by atoms with E-state index in [2.05, 4.69) is 13.0 Å². The molecule has 33 heavy (non-hydrogen) atoms. The molecule has 2 aromatic carbocycles. The van der Waals surface area contributed by atoms with E-state index in [1.807, 2.05) is 51.3 Å². The number of thioether (sulfide) groups is 1. The summed E-state index contributed by atoms with van der Waals surface area (Å²) in [4.78, 5) is 0.900. The fourth-order valence-electron chi connectivity index (χ4n) is 4.35. The molecule has 6 heteroatoms. The van der Waals surface area contributed by atoms with Gasteiger partial charge in [0.1, 0.15) is 41.8 Å². The Morgan fingerprint density at radius 2 is 2.00 bits per heavy atom. The van der Waals surface area contributed by atoms with Crippen LogP contribution >= 0.6 is 11.8 Å². The molecule has 176 valence electrons. The third-order valence-electron chi connectivity index (χ3n) is 6.62. The number of aromatic hydroxyl groups is 1. The lowest BCUT2D eigenvalue weighted by Crippen LogP contribution is -2.42. The van der Waals surface area contributed by atoms with Crippen LogP contribution in [-0.4, -0.2) is 41.9 Å². The molecule has 1 unspecified atom stereocenters. The number of phenolic OH excluding ortho intramolecular Hbond substituents is 1. The molecule has 5 nitrogen and oxygen atoms in total. The highest BCUT2D eigenvalue weighted by molar-refractivity contribution is 8.02. The molecule has 0 radical (unpaired) electrons. The first kappa shape index (κ1) is 23.6. The monoisotopic (exact) mass is 468 g/mol. The van der Waals surface area contributed by atoms with E-state index >= 15 is 0 Å². The molecule has 2 aliphatic heterocycles. The molecule has 2 N–H and O–H groups in total. The normalized spacial score (nSPS) is 19.7. The molecule has 2 heterocycles. The van der Waals surface area contributed by atoms with Crippen LogP contribution in [0.2, 0.25) is 0 Å².